The Bertz CT molecular complexity index is 1070. The van der Waals surface area contributed by atoms with Crippen LogP contribution in [0.25, 0.3) is 0 Å². The van der Waals surface area contributed by atoms with Crippen LogP contribution in [-0.2, 0) is 24.5 Å². The van der Waals surface area contributed by atoms with E-state index in [4.69, 9.17) is 4.74 Å². The quantitative estimate of drug-likeness (QED) is 0.585. The van der Waals surface area contributed by atoms with Crippen molar-refractivity contribution in [3.63, 3.8) is 0 Å². The maximum Gasteiger partial charge on any atom is 0.241 e. The van der Waals surface area contributed by atoms with Gasteiger partial charge in [-0.15, -0.1) is 0 Å². The molecule has 2 aliphatic rings. The lowest BCUT2D eigenvalue weighted by molar-refractivity contribution is -0.143. The molecule has 2 aromatic rings. The van der Waals surface area contributed by atoms with E-state index in [9.17, 15) is 23.9 Å². The number of carbonyl (C=O) groups is 3. The van der Waals surface area contributed by atoms with Crippen molar-refractivity contribution < 1.29 is 28.6 Å². The lowest BCUT2D eigenvalue weighted by Gasteiger charge is -2.36. The summed E-state index contributed by atoms with van der Waals surface area (Å²) < 4.78 is 19.9. The molecular formula is C27H31FN2O5. The Kier molecular flexibility index (Phi) is 7.62. The second kappa shape index (κ2) is 10.7. The molecule has 2 unspecified atom stereocenters. The topological polar surface area (TPSA) is 87.2 Å². The number of aliphatic hydroxyl groups is 1. The highest BCUT2D eigenvalue weighted by Gasteiger charge is 2.55. The Morgan fingerprint density at radius 1 is 1.11 bits per heavy atom. The second-order valence-electron chi connectivity index (χ2n) is 9.33. The van der Waals surface area contributed by atoms with E-state index in [1.54, 1.807) is 11.0 Å². The van der Waals surface area contributed by atoms with Gasteiger partial charge in [0.25, 0.3) is 0 Å². The standard InChI is InChI=1S/C27H31FN2O5/c1-35-16-15-30-24(32)18-27(26(30)34,21-9-5-6-10-22(21)28)17-23(31)29-13-11-20(12-14-29)25(33)19-7-3-2-4-8-19/h2-10,20,25,33H,11-18H2,1H3. The molecule has 7 nitrogen and oxygen atoms in total. The average Bonchev–Trinajstić information content (AvgIpc) is 3.12. The molecule has 0 aliphatic carbocycles. The summed E-state index contributed by atoms with van der Waals surface area (Å²) in [6, 6.07) is 15.3. The van der Waals surface area contributed by atoms with Crippen LogP contribution in [0.15, 0.2) is 54.6 Å². The van der Waals surface area contributed by atoms with Gasteiger partial charge >= 0.3 is 0 Å². The summed E-state index contributed by atoms with van der Waals surface area (Å²) in [7, 11) is 1.47. The van der Waals surface area contributed by atoms with Crippen molar-refractivity contribution in [1.29, 1.82) is 0 Å². The number of imide groups is 1. The van der Waals surface area contributed by atoms with E-state index in [0.717, 1.165) is 10.5 Å². The van der Waals surface area contributed by atoms with Crippen molar-refractivity contribution in [2.45, 2.75) is 37.2 Å². The Labute approximate surface area is 204 Å². The first kappa shape index (κ1) is 25.0. The zero-order valence-electron chi connectivity index (χ0n) is 19.9. The molecule has 0 spiro atoms. The molecule has 3 amide bonds. The summed E-state index contributed by atoms with van der Waals surface area (Å²) in [5.74, 6) is -1.89. The molecule has 2 aromatic carbocycles. The van der Waals surface area contributed by atoms with Gasteiger partial charge in [-0.1, -0.05) is 48.5 Å². The van der Waals surface area contributed by atoms with E-state index in [1.165, 1.54) is 25.3 Å². The van der Waals surface area contributed by atoms with Crippen LogP contribution < -0.4 is 0 Å². The zero-order valence-corrected chi connectivity index (χ0v) is 19.9. The molecule has 2 aliphatic heterocycles. The van der Waals surface area contributed by atoms with E-state index < -0.39 is 29.2 Å². The molecule has 0 bridgehead atoms. The van der Waals surface area contributed by atoms with E-state index >= 15 is 0 Å². The van der Waals surface area contributed by atoms with Crippen LogP contribution in [0.5, 0.6) is 0 Å². The fourth-order valence-corrected chi connectivity index (χ4v) is 5.26. The average molecular weight is 483 g/mol. The maximum atomic E-state index is 14.9. The number of benzene rings is 2. The number of likely N-dealkylation sites (tertiary alicyclic amines) is 2. The number of amides is 3. The molecule has 0 saturated carbocycles. The Morgan fingerprint density at radius 2 is 1.77 bits per heavy atom. The Hall–Kier alpha value is -3.10. The maximum absolute atomic E-state index is 14.9. The van der Waals surface area contributed by atoms with Gasteiger partial charge in [0.1, 0.15) is 5.82 Å². The highest BCUT2D eigenvalue weighted by Crippen LogP contribution is 2.42. The minimum Gasteiger partial charge on any atom is -0.388 e. The van der Waals surface area contributed by atoms with Crippen LogP contribution in [-0.4, -0.2) is 66.0 Å². The number of nitrogens with zero attached hydrogens (tertiary/aromatic N) is 2. The summed E-state index contributed by atoms with van der Waals surface area (Å²) in [5.41, 5.74) is -0.656. The van der Waals surface area contributed by atoms with Gasteiger partial charge in [0, 0.05) is 38.6 Å². The van der Waals surface area contributed by atoms with Crippen molar-refractivity contribution >= 4 is 17.7 Å². The summed E-state index contributed by atoms with van der Waals surface area (Å²) in [5, 5.41) is 10.7. The largest absolute Gasteiger partial charge is 0.388 e. The molecule has 2 heterocycles. The molecule has 4 rings (SSSR count). The molecule has 186 valence electrons. The third-order valence-corrected chi connectivity index (χ3v) is 7.25. The lowest BCUT2D eigenvalue weighted by Crippen LogP contribution is -2.46. The normalized spacial score (nSPS) is 22.0. The number of methoxy groups -OCH3 is 1. The summed E-state index contributed by atoms with van der Waals surface area (Å²) in [6.45, 7) is 1.07. The lowest BCUT2D eigenvalue weighted by atomic mass is 9.75. The number of rotatable bonds is 8. The molecular weight excluding hydrogens is 451 g/mol. The van der Waals surface area contributed by atoms with Crippen molar-refractivity contribution in [3.05, 3.63) is 71.5 Å². The molecule has 0 radical (unpaired) electrons. The summed E-state index contributed by atoms with van der Waals surface area (Å²) in [4.78, 5) is 42.4. The van der Waals surface area contributed by atoms with E-state index in [2.05, 4.69) is 0 Å². The number of halogens is 1. The first-order valence-electron chi connectivity index (χ1n) is 12.0. The first-order chi connectivity index (χ1) is 16.9. The van der Waals surface area contributed by atoms with Gasteiger partial charge in [-0.05, 0) is 30.4 Å². The third-order valence-electron chi connectivity index (χ3n) is 7.25. The molecule has 35 heavy (non-hydrogen) atoms. The van der Waals surface area contributed by atoms with Gasteiger partial charge in [0.05, 0.1) is 24.7 Å². The number of aliphatic hydroxyl groups excluding tert-OH is 1. The fourth-order valence-electron chi connectivity index (χ4n) is 5.26. The number of carbonyl (C=O) groups excluding carboxylic acids is 3. The molecule has 2 saturated heterocycles. The SMILES string of the molecule is COCCN1C(=O)CC(CC(=O)N2CCC(C(O)c3ccccc3)CC2)(c2ccccc2F)C1=O. The first-order valence-corrected chi connectivity index (χ1v) is 12.0. The Morgan fingerprint density at radius 3 is 2.43 bits per heavy atom. The predicted molar refractivity (Wildman–Crippen MR) is 127 cm³/mol. The highest BCUT2D eigenvalue weighted by molar-refractivity contribution is 6.10. The van der Waals surface area contributed by atoms with Crippen LogP contribution in [0.2, 0.25) is 0 Å². The number of hydrogen-bond acceptors (Lipinski definition) is 5. The Balaban J connectivity index is 1.51. The smallest absolute Gasteiger partial charge is 0.241 e. The van der Waals surface area contributed by atoms with Crippen molar-refractivity contribution in [2.75, 3.05) is 33.4 Å². The van der Waals surface area contributed by atoms with Gasteiger partial charge in [0.2, 0.25) is 17.7 Å². The van der Waals surface area contributed by atoms with Gasteiger partial charge in [-0.2, -0.15) is 0 Å². The number of ether oxygens (including phenoxy) is 1. The highest BCUT2D eigenvalue weighted by atomic mass is 19.1. The van der Waals surface area contributed by atoms with Crippen LogP contribution in [0.3, 0.4) is 0 Å². The second-order valence-corrected chi connectivity index (χ2v) is 9.33. The van der Waals surface area contributed by atoms with Crippen LogP contribution in [0, 0.1) is 11.7 Å². The number of piperidine rings is 1. The van der Waals surface area contributed by atoms with E-state index in [0.29, 0.717) is 25.9 Å². The van der Waals surface area contributed by atoms with Gasteiger partial charge in [-0.3, -0.25) is 19.3 Å². The molecule has 0 aromatic heterocycles. The van der Waals surface area contributed by atoms with Crippen molar-refractivity contribution in [3.8, 4) is 0 Å². The zero-order chi connectivity index (χ0) is 25.0. The van der Waals surface area contributed by atoms with Gasteiger partial charge in [0.15, 0.2) is 0 Å². The fraction of sp³-hybridized carbons (Fsp3) is 0.444. The molecule has 2 fully saturated rings. The minimum absolute atomic E-state index is 0.0150. The van der Waals surface area contributed by atoms with Gasteiger partial charge < -0.3 is 14.7 Å². The molecule has 1 N–H and O–H groups in total. The van der Waals surface area contributed by atoms with Crippen LogP contribution in [0.1, 0.15) is 42.9 Å². The van der Waals surface area contributed by atoms with E-state index in [-0.39, 0.29) is 43.4 Å². The third kappa shape index (κ3) is 4.99. The minimum atomic E-state index is -1.58. The van der Waals surface area contributed by atoms with E-state index in [1.807, 2.05) is 30.3 Å². The number of hydrogen-bond donors (Lipinski definition) is 1. The van der Waals surface area contributed by atoms with Crippen LogP contribution >= 0.6 is 0 Å². The monoisotopic (exact) mass is 482 g/mol. The summed E-state index contributed by atoms with van der Waals surface area (Å²) >= 11 is 0. The van der Waals surface area contributed by atoms with Gasteiger partial charge in [-0.25, -0.2) is 4.39 Å². The van der Waals surface area contributed by atoms with Crippen LogP contribution in [0.4, 0.5) is 4.39 Å². The summed E-state index contributed by atoms with van der Waals surface area (Å²) in [6.07, 6.45) is 0.0729. The van der Waals surface area contributed by atoms with Crippen molar-refractivity contribution in [1.82, 2.24) is 9.80 Å². The van der Waals surface area contributed by atoms with Crippen molar-refractivity contribution in [2.24, 2.45) is 5.92 Å². The molecule has 2 atom stereocenters. The predicted octanol–water partition coefficient (Wildman–Crippen LogP) is 2.83. The molecule has 8 heteroatoms.